The molecule has 2 heterocycles. The molecule has 13 heteroatoms. The molecule has 5 N–H and O–H groups in total. The fourth-order valence-corrected chi connectivity index (χ4v) is 9.64. The smallest absolute Gasteiger partial charge is 0.323 e. The van der Waals surface area contributed by atoms with E-state index >= 15 is 0 Å². The number of aromatic amines is 1. The first-order chi connectivity index (χ1) is 28.0. The zero-order valence-corrected chi connectivity index (χ0v) is 33.2. The average Bonchev–Trinajstić information content (AvgIpc) is 3.89. The normalized spacial score (nSPS) is 12.9. The Morgan fingerprint density at radius 3 is 1.98 bits per heavy atom. The van der Waals surface area contributed by atoms with E-state index in [-0.39, 0.29) is 16.9 Å². The minimum Gasteiger partial charge on any atom is -0.480 e. The van der Waals surface area contributed by atoms with Gasteiger partial charge in [0.2, 0.25) is 16.0 Å². The number of benzene rings is 5. The van der Waals surface area contributed by atoms with Gasteiger partial charge >= 0.3 is 5.97 Å². The van der Waals surface area contributed by atoms with Crippen LogP contribution in [0, 0.1) is 20.8 Å². The van der Waals surface area contributed by atoms with Crippen LogP contribution in [0.3, 0.4) is 0 Å². The summed E-state index contributed by atoms with van der Waals surface area (Å²) in [5, 5.41) is 24.5. The van der Waals surface area contributed by atoms with Gasteiger partial charge in [-0.25, -0.2) is 13.4 Å². The number of carbonyl (C=O) groups is 2. The van der Waals surface area contributed by atoms with Crippen LogP contribution in [0.5, 0.6) is 0 Å². The number of aliphatic carboxylic acids is 1. The third-order valence-corrected chi connectivity index (χ3v) is 12.1. The van der Waals surface area contributed by atoms with E-state index in [4.69, 9.17) is 4.98 Å². The molecular formula is C45H45N7O5S. The summed E-state index contributed by atoms with van der Waals surface area (Å²) in [6.45, 7) is 5.52. The van der Waals surface area contributed by atoms with Crippen LogP contribution in [0.25, 0.3) is 10.9 Å². The topological polar surface area (TPSA) is 171 Å². The summed E-state index contributed by atoms with van der Waals surface area (Å²) in [7, 11) is -4.34. The molecule has 2 atom stereocenters. The van der Waals surface area contributed by atoms with Crippen LogP contribution >= 0.6 is 0 Å². The number of aryl methyl sites for hydroxylation is 3. The lowest BCUT2D eigenvalue weighted by Crippen LogP contribution is -2.55. The maximum atomic E-state index is 13.9. The molecule has 0 fully saturated rings. The van der Waals surface area contributed by atoms with E-state index in [2.05, 4.69) is 66.5 Å². The van der Waals surface area contributed by atoms with Crippen LogP contribution in [0.1, 0.15) is 56.6 Å². The highest BCUT2D eigenvalue weighted by molar-refractivity contribution is 7.89. The van der Waals surface area contributed by atoms with Gasteiger partial charge in [-0.05, 0) is 79.6 Å². The molecular weight excluding hydrogens is 751 g/mol. The predicted octanol–water partition coefficient (Wildman–Crippen LogP) is 6.95. The average molecular weight is 796 g/mol. The molecule has 2 aromatic heterocycles. The molecule has 0 spiro atoms. The number of aromatic nitrogens is 4. The third-order valence-electron chi connectivity index (χ3n) is 10.4. The summed E-state index contributed by atoms with van der Waals surface area (Å²) < 4.78 is 32.4. The van der Waals surface area contributed by atoms with Crippen molar-refractivity contribution in [2.24, 2.45) is 0 Å². The van der Waals surface area contributed by atoms with Crippen LogP contribution in [0.4, 0.5) is 5.95 Å². The summed E-state index contributed by atoms with van der Waals surface area (Å²) in [5.41, 5.74) is 5.07. The molecule has 1 amide bonds. The van der Waals surface area contributed by atoms with E-state index in [1.54, 1.807) is 56.6 Å². The second kappa shape index (κ2) is 16.9. The van der Waals surface area contributed by atoms with Gasteiger partial charge in [0, 0.05) is 29.9 Å². The number of fused-ring (bicyclic) bond motifs is 1. The number of nitrogens with one attached hydrogen (secondary N) is 4. The molecule has 0 aliphatic carbocycles. The van der Waals surface area contributed by atoms with E-state index in [0.29, 0.717) is 35.4 Å². The van der Waals surface area contributed by atoms with Gasteiger partial charge in [0.05, 0.1) is 22.7 Å². The van der Waals surface area contributed by atoms with Crippen molar-refractivity contribution in [3.63, 3.8) is 0 Å². The van der Waals surface area contributed by atoms with Crippen LogP contribution in [-0.4, -0.2) is 63.8 Å². The minimum atomic E-state index is -4.34. The van der Waals surface area contributed by atoms with Crippen LogP contribution < -0.4 is 15.4 Å². The van der Waals surface area contributed by atoms with E-state index in [1.165, 1.54) is 0 Å². The summed E-state index contributed by atoms with van der Waals surface area (Å²) >= 11 is 0. The minimum absolute atomic E-state index is 0.00655. The number of sulfonamides is 1. The Bertz CT molecular complexity index is 2530. The van der Waals surface area contributed by atoms with E-state index in [0.717, 1.165) is 27.8 Å². The quantitative estimate of drug-likeness (QED) is 0.0517. The third kappa shape index (κ3) is 7.99. The molecule has 0 saturated carbocycles. The maximum absolute atomic E-state index is 13.9. The van der Waals surface area contributed by atoms with Gasteiger partial charge in [-0.1, -0.05) is 109 Å². The highest BCUT2D eigenvalue weighted by atomic mass is 32.2. The number of hydrogen-bond donors (Lipinski definition) is 5. The first-order valence-electron chi connectivity index (χ1n) is 19.0. The number of carboxylic acid groups (broad SMARTS) is 1. The molecule has 0 radical (unpaired) electrons. The Labute approximate surface area is 337 Å². The van der Waals surface area contributed by atoms with Gasteiger partial charge in [0.1, 0.15) is 11.6 Å². The molecule has 7 rings (SSSR count). The summed E-state index contributed by atoms with van der Waals surface area (Å²) in [6.07, 6.45) is 5.68. The molecule has 0 bridgehead atoms. The number of anilines is 1. The van der Waals surface area contributed by atoms with Crippen LogP contribution in [0.2, 0.25) is 0 Å². The summed E-state index contributed by atoms with van der Waals surface area (Å²) in [6, 6.07) is 36.1. The fraction of sp³-hybridized carbons (Fsp3) is 0.200. The molecule has 58 heavy (non-hydrogen) atoms. The Kier molecular flexibility index (Phi) is 11.5. The van der Waals surface area contributed by atoms with E-state index in [1.807, 2.05) is 67.7 Å². The van der Waals surface area contributed by atoms with Crippen molar-refractivity contribution in [3.8, 4) is 0 Å². The van der Waals surface area contributed by atoms with Gasteiger partial charge in [-0.3, -0.25) is 19.3 Å². The second-order valence-electron chi connectivity index (χ2n) is 14.4. The lowest BCUT2D eigenvalue weighted by Gasteiger charge is -2.38. The molecule has 2 unspecified atom stereocenters. The Morgan fingerprint density at radius 2 is 1.41 bits per heavy atom. The van der Waals surface area contributed by atoms with Crippen molar-refractivity contribution < 1.29 is 23.1 Å². The zero-order valence-electron chi connectivity index (χ0n) is 32.4. The Balaban J connectivity index is 1.19. The van der Waals surface area contributed by atoms with Crippen molar-refractivity contribution in [1.82, 2.24) is 29.8 Å². The Morgan fingerprint density at radius 1 is 0.828 bits per heavy atom. The second-order valence-corrected chi connectivity index (χ2v) is 16.1. The molecule has 5 aromatic carbocycles. The number of H-pyrrole nitrogens is 1. The first-order valence-corrected chi connectivity index (χ1v) is 20.5. The largest absolute Gasteiger partial charge is 0.480 e. The van der Waals surface area contributed by atoms with Crippen molar-refractivity contribution in [2.75, 3.05) is 11.9 Å². The highest BCUT2D eigenvalue weighted by Gasteiger charge is 2.40. The fourth-order valence-electron chi connectivity index (χ4n) is 7.96. The van der Waals surface area contributed by atoms with Gasteiger partial charge in [0.15, 0.2) is 0 Å². The molecule has 0 saturated heterocycles. The van der Waals surface area contributed by atoms with Crippen molar-refractivity contribution in [2.45, 2.75) is 56.1 Å². The number of carboxylic acids is 1. The molecule has 0 aliphatic heterocycles. The van der Waals surface area contributed by atoms with Crippen molar-refractivity contribution >= 4 is 38.8 Å². The molecule has 0 aliphatic rings. The highest BCUT2D eigenvalue weighted by Crippen LogP contribution is 2.42. The summed E-state index contributed by atoms with van der Waals surface area (Å²) in [5.74, 6) is -1.42. The van der Waals surface area contributed by atoms with Crippen LogP contribution in [0.15, 0.2) is 145 Å². The molecule has 12 nitrogen and oxygen atoms in total. The maximum Gasteiger partial charge on any atom is 0.323 e. The number of rotatable bonds is 16. The van der Waals surface area contributed by atoms with Crippen molar-refractivity contribution in [1.29, 1.82) is 0 Å². The summed E-state index contributed by atoms with van der Waals surface area (Å²) in [4.78, 5) is 31.5. The van der Waals surface area contributed by atoms with Crippen molar-refractivity contribution in [3.05, 3.63) is 179 Å². The SMILES string of the molecule is Cc1cc(C)c(S(=O)(=O)NC(C(=O)O)C(CCCNc2nccn2C(c2ccccc2)(c2ccccc2)c2ccccc2)NC(=O)c2ccc3[nH]ncc3c2)c(C)c1. The zero-order chi connectivity index (χ0) is 40.9. The van der Waals surface area contributed by atoms with Gasteiger partial charge in [-0.2, -0.15) is 9.82 Å². The monoisotopic (exact) mass is 795 g/mol. The molecule has 296 valence electrons. The lowest BCUT2D eigenvalue weighted by molar-refractivity contribution is -0.139. The lowest BCUT2D eigenvalue weighted by atomic mass is 9.76. The van der Waals surface area contributed by atoms with E-state index < -0.39 is 39.5 Å². The number of hydrogen-bond acceptors (Lipinski definition) is 7. The van der Waals surface area contributed by atoms with Gasteiger partial charge in [-0.15, -0.1) is 0 Å². The van der Waals surface area contributed by atoms with E-state index in [9.17, 15) is 23.1 Å². The molecule has 7 aromatic rings. The predicted molar refractivity (Wildman–Crippen MR) is 224 cm³/mol. The van der Waals surface area contributed by atoms with Gasteiger partial charge < -0.3 is 15.7 Å². The van der Waals surface area contributed by atoms with Gasteiger partial charge in [0.25, 0.3) is 5.91 Å². The Hall–Kier alpha value is -6.57. The number of amides is 1. The number of nitrogens with zero attached hydrogens (tertiary/aromatic N) is 3. The number of imidazole rings is 1. The first kappa shape index (κ1) is 39.7. The van der Waals surface area contributed by atoms with Crippen LogP contribution in [-0.2, 0) is 20.4 Å². The standard InChI is InChI=1S/C45H45N7O5S/c1-30-26-31(2)41(32(3)27-30)58(56,57)51-40(43(54)55)39(49-42(53)33-21-22-38-34(28-33)29-48-50-38)20-13-23-46-44-47-24-25-52(44)45(35-14-7-4-8-15-35,36-16-9-5-10-17-36)37-18-11-6-12-19-37/h4-12,14-19,21-22,24-29,39-40,51H,13,20,23H2,1-3H3,(H,46,47)(H,48,50)(H,49,53)(H,54,55). The number of carbonyl (C=O) groups excluding carboxylic acids is 1.